The Hall–Kier alpha value is -1.07. The van der Waals surface area contributed by atoms with Crippen LogP contribution in [0.25, 0.3) is 0 Å². The van der Waals surface area contributed by atoms with Crippen LogP contribution in [-0.2, 0) is 10.8 Å². The van der Waals surface area contributed by atoms with E-state index in [1.165, 1.54) is 0 Å². The first-order valence-electron chi connectivity index (χ1n) is 6.47. The van der Waals surface area contributed by atoms with Gasteiger partial charge in [0.1, 0.15) is 11.5 Å². The summed E-state index contributed by atoms with van der Waals surface area (Å²) < 4.78 is 22.6. The fourth-order valence-electron chi connectivity index (χ4n) is 2.34. The summed E-state index contributed by atoms with van der Waals surface area (Å²) in [5, 5.41) is 3.52. The topological polar surface area (TPSA) is 47.6 Å². The highest BCUT2D eigenvalue weighted by Gasteiger charge is 2.24. The van der Waals surface area contributed by atoms with Crippen molar-refractivity contribution in [2.45, 2.75) is 25.4 Å². The predicted octanol–water partition coefficient (Wildman–Crippen LogP) is 1.88. The molecule has 1 aliphatic heterocycles. The van der Waals surface area contributed by atoms with E-state index in [1.807, 2.05) is 18.2 Å². The second-order valence-electron chi connectivity index (χ2n) is 4.83. The van der Waals surface area contributed by atoms with E-state index in [4.69, 9.17) is 9.47 Å². The Labute approximate surface area is 116 Å². The van der Waals surface area contributed by atoms with Gasteiger partial charge in [0.25, 0.3) is 0 Å². The van der Waals surface area contributed by atoms with Gasteiger partial charge in [-0.15, -0.1) is 0 Å². The average molecular weight is 283 g/mol. The summed E-state index contributed by atoms with van der Waals surface area (Å²) in [4.78, 5) is 0. The normalized spacial score (nSPS) is 27.6. The van der Waals surface area contributed by atoms with E-state index in [0.29, 0.717) is 11.8 Å². The van der Waals surface area contributed by atoms with Crippen molar-refractivity contribution in [3.8, 4) is 11.5 Å². The van der Waals surface area contributed by atoms with Crippen molar-refractivity contribution in [2.75, 3.05) is 25.7 Å². The maximum Gasteiger partial charge on any atom is 0.127 e. The molecule has 3 unspecified atom stereocenters. The molecular formula is C14H21NO3S. The molecule has 0 bridgehead atoms. The minimum absolute atomic E-state index is 0.0687. The first kappa shape index (κ1) is 14.3. The fourth-order valence-corrected chi connectivity index (χ4v) is 3.77. The Kier molecular flexibility index (Phi) is 4.82. The van der Waals surface area contributed by atoms with E-state index in [-0.39, 0.29) is 6.04 Å². The van der Waals surface area contributed by atoms with Crippen molar-refractivity contribution in [3.05, 3.63) is 23.8 Å². The smallest absolute Gasteiger partial charge is 0.127 e. The lowest BCUT2D eigenvalue weighted by molar-refractivity contribution is 0.383. The predicted molar refractivity (Wildman–Crippen MR) is 77.4 cm³/mol. The molecule has 3 atom stereocenters. The number of hydrogen-bond acceptors (Lipinski definition) is 4. The van der Waals surface area contributed by atoms with E-state index >= 15 is 0 Å². The molecule has 5 heteroatoms. The molecule has 1 saturated heterocycles. The number of hydrogen-bond donors (Lipinski definition) is 1. The van der Waals surface area contributed by atoms with Crippen molar-refractivity contribution < 1.29 is 13.7 Å². The van der Waals surface area contributed by atoms with Crippen molar-refractivity contribution in [1.82, 2.24) is 5.32 Å². The van der Waals surface area contributed by atoms with E-state index in [0.717, 1.165) is 29.2 Å². The van der Waals surface area contributed by atoms with Crippen LogP contribution in [0.1, 0.15) is 24.9 Å². The quantitative estimate of drug-likeness (QED) is 0.920. The van der Waals surface area contributed by atoms with Gasteiger partial charge in [-0.25, -0.2) is 0 Å². The van der Waals surface area contributed by atoms with Gasteiger partial charge in [-0.05, 0) is 19.4 Å². The highest BCUT2D eigenvalue weighted by Crippen LogP contribution is 2.31. The SMILES string of the molecule is COc1ccc(C2CS(=O)CCC(C)N2)c(OC)c1. The summed E-state index contributed by atoms with van der Waals surface area (Å²) >= 11 is 0. The molecule has 0 radical (unpaired) electrons. The molecule has 1 aliphatic rings. The molecule has 1 N–H and O–H groups in total. The number of benzene rings is 1. The minimum Gasteiger partial charge on any atom is -0.497 e. The van der Waals surface area contributed by atoms with Gasteiger partial charge in [0.2, 0.25) is 0 Å². The van der Waals surface area contributed by atoms with E-state index < -0.39 is 10.8 Å². The molecule has 1 aromatic carbocycles. The zero-order chi connectivity index (χ0) is 13.8. The van der Waals surface area contributed by atoms with Crippen molar-refractivity contribution in [2.24, 2.45) is 0 Å². The summed E-state index contributed by atoms with van der Waals surface area (Å²) in [6.45, 7) is 2.13. The zero-order valence-electron chi connectivity index (χ0n) is 11.6. The van der Waals surface area contributed by atoms with E-state index in [9.17, 15) is 4.21 Å². The van der Waals surface area contributed by atoms with Crippen LogP contribution in [0.2, 0.25) is 0 Å². The second-order valence-corrected chi connectivity index (χ2v) is 6.45. The Bertz CT molecular complexity index is 464. The Balaban J connectivity index is 2.30. The lowest BCUT2D eigenvalue weighted by atomic mass is 10.1. The molecule has 1 fully saturated rings. The summed E-state index contributed by atoms with van der Waals surface area (Å²) in [5.74, 6) is 2.95. The van der Waals surface area contributed by atoms with Gasteiger partial charge < -0.3 is 14.8 Å². The van der Waals surface area contributed by atoms with Crippen LogP contribution in [-0.4, -0.2) is 36.0 Å². The molecule has 2 rings (SSSR count). The van der Waals surface area contributed by atoms with Crippen LogP contribution in [0.4, 0.5) is 0 Å². The van der Waals surface area contributed by atoms with Gasteiger partial charge in [0.15, 0.2) is 0 Å². The lowest BCUT2D eigenvalue weighted by Crippen LogP contribution is -2.30. The molecule has 0 aliphatic carbocycles. The first-order valence-corrected chi connectivity index (χ1v) is 7.95. The van der Waals surface area contributed by atoms with E-state index in [1.54, 1.807) is 14.2 Å². The van der Waals surface area contributed by atoms with Gasteiger partial charge in [-0.2, -0.15) is 0 Å². The molecule has 0 amide bonds. The fraction of sp³-hybridized carbons (Fsp3) is 0.571. The standard InChI is InChI=1S/C14H21NO3S/c1-10-6-7-19(16)9-13(15-10)12-5-4-11(17-2)8-14(12)18-3/h4-5,8,10,13,15H,6-7,9H2,1-3H3. The third kappa shape index (κ3) is 3.48. The van der Waals surface area contributed by atoms with Crippen LogP contribution < -0.4 is 14.8 Å². The highest BCUT2D eigenvalue weighted by molar-refractivity contribution is 7.85. The largest absolute Gasteiger partial charge is 0.497 e. The van der Waals surface area contributed by atoms with Crippen molar-refractivity contribution >= 4 is 10.8 Å². The number of methoxy groups -OCH3 is 2. The average Bonchev–Trinajstić information content (AvgIpc) is 2.59. The maximum absolute atomic E-state index is 11.9. The number of rotatable bonds is 3. The Morgan fingerprint density at radius 3 is 2.79 bits per heavy atom. The summed E-state index contributed by atoms with van der Waals surface area (Å²) in [6, 6.07) is 6.21. The van der Waals surface area contributed by atoms with Gasteiger partial charge in [0, 0.05) is 46.0 Å². The molecule has 0 saturated carbocycles. The zero-order valence-corrected chi connectivity index (χ0v) is 12.5. The highest BCUT2D eigenvalue weighted by atomic mass is 32.2. The molecule has 0 spiro atoms. The lowest BCUT2D eigenvalue weighted by Gasteiger charge is -2.22. The third-order valence-electron chi connectivity index (χ3n) is 3.43. The second kappa shape index (κ2) is 6.39. The van der Waals surface area contributed by atoms with Crippen molar-refractivity contribution in [3.63, 3.8) is 0 Å². The van der Waals surface area contributed by atoms with Gasteiger partial charge in [-0.3, -0.25) is 4.21 Å². The van der Waals surface area contributed by atoms with Gasteiger partial charge >= 0.3 is 0 Å². The van der Waals surface area contributed by atoms with Crippen LogP contribution >= 0.6 is 0 Å². The summed E-state index contributed by atoms with van der Waals surface area (Å²) in [6.07, 6.45) is 0.946. The summed E-state index contributed by atoms with van der Waals surface area (Å²) in [5.41, 5.74) is 1.05. The molecular weight excluding hydrogens is 262 g/mol. The minimum atomic E-state index is -0.776. The molecule has 19 heavy (non-hydrogen) atoms. The van der Waals surface area contributed by atoms with Crippen LogP contribution in [0.15, 0.2) is 18.2 Å². The van der Waals surface area contributed by atoms with E-state index in [2.05, 4.69) is 12.2 Å². The van der Waals surface area contributed by atoms with Gasteiger partial charge in [0.05, 0.1) is 14.2 Å². The molecule has 0 aromatic heterocycles. The van der Waals surface area contributed by atoms with Crippen LogP contribution in [0.5, 0.6) is 11.5 Å². The maximum atomic E-state index is 11.9. The van der Waals surface area contributed by atoms with Crippen LogP contribution in [0, 0.1) is 0 Å². The molecule has 4 nitrogen and oxygen atoms in total. The Morgan fingerprint density at radius 2 is 2.11 bits per heavy atom. The Morgan fingerprint density at radius 1 is 1.32 bits per heavy atom. The first-order chi connectivity index (χ1) is 9.13. The summed E-state index contributed by atoms with van der Waals surface area (Å²) in [7, 11) is 2.51. The van der Waals surface area contributed by atoms with Crippen LogP contribution in [0.3, 0.4) is 0 Å². The molecule has 106 valence electrons. The number of nitrogens with one attached hydrogen (secondary N) is 1. The number of ether oxygens (including phenoxy) is 2. The van der Waals surface area contributed by atoms with Crippen molar-refractivity contribution in [1.29, 1.82) is 0 Å². The van der Waals surface area contributed by atoms with Gasteiger partial charge in [-0.1, -0.05) is 6.07 Å². The monoisotopic (exact) mass is 283 g/mol. The third-order valence-corrected chi connectivity index (χ3v) is 4.83. The molecule has 1 heterocycles. The molecule has 1 aromatic rings.